The second-order valence-corrected chi connectivity index (χ2v) is 9.18. The predicted molar refractivity (Wildman–Crippen MR) is 130 cm³/mol. The van der Waals surface area contributed by atoms with Gasteiger partial charge < -0.3 is 10.2 Å². The number of thioether (sulfide) groups is 1. The summed E-state index contributed by atoms with van der Waals surface area (Å²) in [6.45, 7) is 2.12. The second kappa shape index (κ2) is 9.60. The molecule has 0 atom stereocenters. The third-order valence-electron chi connectivity index (χ3n) is 5.87. The molecule has 3 amide bonds. The summed E-state index contributed by atoms with van der Waals surface area (Å²) in [7, 11) is 0. The van der Waals surface area contributed by atoms with Crippen LogP contribution in [0.3, 0.4) is 0 Å². The number of nitrogens with one attached hydrogen (secondary N) is 2. The highest BCUT2D eigenvalue weighted by Crippen LogP contribution is 2.26. The summed E-state index contributed by atoms with van der Waals surface area (Å²) in [4.78, 5) is 51.5. The summed E-state index contributed by atoms with van der Waals surface area (Å²) in [6, 6.07) is 13.1. The number of nitrogens with zero attached hydrogens (tertiary/aromatic N) is 4. The first-order valence-electron chi connectivity index (χ1n) is 11.0. The molecule has 2 aromatic heterocycles. The topological polar surface area (TPSA) is 117 Å². The highest BCUT2D eigenvalue weighted by atomic mass is 32.2. The number of piperidine rings is 1. The second-order valence-electron chi connectivity index (χ2n) is 8.16. The standard InChI is InChI=1S/C24H22N6O3S/c31-21(19-6-5-16-3-1-2-4-18(16)28-19)26-14-15-8-11-30(12-9-15)23-25-10-7-17(27-23)13-20-22(32)29-24(33)34-20/h1-7,10,13,15H,8-9,11-12,14H2,(H,26,31)(H,29,32,33)/b20-13-. The van der Waals surface area contributed by atoms with Crippen molar-refractivity contribution in [1.82, 2.24) is 25.6 Å². The Kier molecular flexibility index (Phi) is 6.22. The lowest BCUT2D eigenvalue weighted by Crippen LogP contribution is -2.39. The lowest BCUT2D eigenvalue weighted by atomic mass is 9.97. The van der Waals surface area contributed by atoms with Gasteiger partial charge in [-0.1, -0.05) is 24.3 Å². The van der Waals surface area contributed by atoms with E-state index in [1.807, 2.05) is 30.3 Å². The van der Waals surface area contributed by atoms with Gasteiger partial charge in [-0.05, 0) is 54.8 Å². The minimum absolute atomic E-state index is 0.162. The normalized spacial score (nSPS) is 17.9. The first-order chi connectivity index (χ1) is 16.5. The maximum Gasteiger partial charge on any atom is 0.290 e. The summed E-state index contributed by atoms with van der Waals surface area (Å²) in [5.74, 6) is 0.379. The van der Waals surface area contributed by atoms with Crippen molar-refractivity contribution < 1.29 is 14.4 Å². The fraction of sp³-hybridized carbons (Fsp3) is 0.250. The molecule has 0 bridgehead atoms. The molecule has 0 aliphatic carbocycles. The zero-order valence-electron chi connectivity index (χ0n) is 18.2. The van der Waals surface area contributed by atoms with Crippen LogP contribution in [0.25, 0.3) is 17.0 Å². The number of hydrogen-bond acceptors (Lipinski definition) is 8. The van der Waals surface area contributed by atoms with Gasteiger partial charge in [0.2, 0.25) is 5.95 Å². The van der Waals surface area contributed by atoms with Crippen LogP contribution < -0.4 is 15.5 Å². The number of benzene rings is 1. The summed E-state index contributed by atoms with van der Waals surface area (Å²) < 4.78 is 0. The van der Waals surface area contributed by atoms with Gasteiger partial charge in [0.1, 0.15) is 5.69 Å². The third-order valence-corrected chi connectivity index (χ3v) is 6.68. The van der Waals surface area contributed by atoms with Gasteiger partial charge >= 0.3 is 0 Å². The van der Waals surface area contributed by atoms with Crippen molar-refractivity contribution in [1.29, 1.82) is 0 Å². The Morgan fingerprint density at radius 3 is 2.74 bits per heavy atom. The van der Waals surface area contributed by atoms with Crippen LogP contribution in [0, 0.1) is 5.92 Å². The van der Waals surface area contributed by atoms with Gasteiger partial charge in [-0.2, -0.15) is 0 Å². The van der Waals surface area contributed by atoms with E-state index in [-0.39, 0.29) is 11.1 Å². The highest BCUT2D eigenvalue weighted by molar-refractivity contribution is 8.18. The van der Waals surface area contributed by atoms with Gasteiger partial charge in [0.15, 0.2) is 0 Å². The summed E-state index contributed by atoms with van der Waals surface area (Å²) in [5, 5.41) is 5.88. The fourth-order valence-electron chi connectivity index (χ4n) is 4.01. The molecule has 0 radical (unpaired) electrons. The molecule has 2 aliphatic rings. The minimum atomic E-state index is -0.406. The van der Waals surface area contributed by atoms with Crippen LogP contribution >= 0.6 is 11.8 Å². The summed E-state index contributed by atoms with van der Waals surface area (Å²) in [6.07, 6.45) is 5.04. The van der Waals surface area contributed by atoms with E-state index in [0.717, 1.165) is 48.6 Å². The largest absolute Gasteiger partial charge is 0.350 e. The molecule has 172 valence electrons. The van der Waals surface area contributed by atoms with E-state index >= 15 is 0 Å². The number of amides is 3. The molecule has 2 fully saturated rings. The molecule has 0 saturated carbocycles. The van der Waals surface area contributed by atoms with E-state index in [2.05, 4.69) is 30.5 Å². The lowest BCUT2D eigenvalue weighted by Gasteiger charge is -2.32. The van der Waals surface area contributed by atoms with Gasteiger partial charge in [0.05, 0.1) is 16.1 Å². The molecular formula is C24H22N6O3S. The van der Waals surface area contributed by atoms with Crippen LogP contribution in [0.1, 0.15) is 29.0 Å². The van der Waals surface area contributed by atoms with Crippen molar-refractivity contribution in [3.05, 3.63) is 65.0 Å². The number of imide groups is 1. The molecule has 0 unspecified atom stereocenters. The van der Waals surface area contributed by atoms with E-state index in [1.54, 1.807) is 24.4 Å². The van der Waals surface area contributed by atoms with Crippen LogP contribution in [-0.2, 0) is 4.79 Å². The van der Waals surface area contributed by atoms with Gasteiger partial charge in [0, 0.05) is 31.2 Å². The molecule has 34 heavy (non-hydrogen) atoms. The monoisotopic (exact) mass is 474 g/mol. The smallest absolute Gasteiger partial charge is 0.290 e. The van der Waals surface area contributed by atoms with E-state index in [1.165, 1.54) is 0 Å². The number of hydrogen-bond donors (Lipinski definition) is 2. The Balaban J connectivity index is 1.15. The van der Waals surface area contributed by atoms with Gasteiger partial charge in [0.25, 0.3) is 17.1 Å². The quantitative estimate of drug-likeness (QED) is 0.542. The number of para-hydroxylation sites is 1. The summed E-state index contributed by atoms with van der Waals surface area (Å²) >= 11 is 0.865. The maximum absolute atomic E-state index is 12.6. The fourth-order valence-corrected chi connectivity index (χ4v) is 4.67. The third kappa shape index (κ3) is 4.91. The molecule has 2 N–H and O–H groups in total. The molecule has 0 spiro atoms. The number of carbonyl (C=O) groups excluding carboxylic acids is 3. The van der Waals surface area contributed by atoms with E-state index < -0.39 is 5.91 Å². The van der Waals surface area contributed by atoms with E-state index in [4.69, 9.17) is 0 Å². The average molecular weight is 475 g/mol. The van der Waals surface area contributed by atoms with Gasteiger partial charge in [-0.3, -0.25) is 19.7 Å². The molecule has 5 rings (SSSR count). The Morgan fingerprint density at radius 1 is 1.12 bits per heavy atom. The number of rotatable bonds is 5. The van der Waals surface area contributed by atoms with Crippen molar-refractivity contribution in [2.75, 3.05) is 24.5 Å². The van der Waals surface area contributed by atoms with Crippen LogP contribution in [0.2, 0.25) is 0 Å². The minimum Gasteiger partial charge on any atom is -0.350 e. The lowest BCUT2D eigenvalue weighted by molar-refractivity contribution is -0.115. The van der Waals surface area contributed by atoms with Gasteiger partial charge in [-0.15, -0.1) is 0 Å². The average Bonchev–Trinajstić information content (AvgIpc) is 3.18. The zero-order valence-corrected chi connectivity index (χ0v) is 19.0. The van der Waals surface area contributed by atoms with Crippen molar-refractivity contribution in [2.24, 2.45) is 5.92 Å². The van der Waals surface area contributed by atoms with E-state index in [9.17, 15) is 14.4 Å². The van der Waals surface area contributed by atoms with E-state index in [0.29, 0.717) is 34.7 Å². The predicted octanol–water partition coefficient (Wildman–Crippen LogP) is 3.00. The number of carbonyl (C=O) groups is 3. The van der Waals surface area contributed by atoms with Crippen LogP contribution in [0.5, 0.6) is 0 Å². The van der Waals surface area contributed by atoms with Crippen molar-refractivity contribution in [3.63, 3.8) is 0 Å². The first kappa shape index (κ1) is 22.0. The molecule has 10 heteroatoms. The van der Waals surface area contributed by atoms with Crippen molar-refractivity contribution in [3.8, 4) is 0 Å². The molecule has 2 aliphatic heterocycles. The number of aromatic nitrogens is 3. The highest BCUT2D eigenvalue weighted by Gasteiger charge is 2.26. The molecule has 3 aromatic rings. The molecule has 4 heterocycles. The zero-order chi connectivity index (χ0) is 23.5. The van der Waals surface area contributed by atoms with Crippen LogP contribution in [0.4, 0.5) is 10.7 Å². The SMILES string of the molecule is O=C1NC(=O)/C(=C/c2ccnc(N3CCC(CNC(=O)c4ccc5ccccc5n4)CC3)n2)S1. The number of fused-ring (bicyclic) bond motifs is 1. The first-order valence-corrected chi connectivity index (χ1v) is 11.8. The summed E-state index contributed by atoms with van der Waals surface area (Å²) in [5.41, 5.74) is 1.81. The number of pyridine rings is 1. The Morgan fingerprint density at radius 2 is 1.94 bits per heavy atom. The molecule has 1 aromatic carbocycles. The van der Waals surface area contributed by atoms with Crippen LogP contribution in [0.15, 0.2) is 53.6 Å². The molecular weight excluding hydrogens is 452 g/mol. The Labute approximate surface area is 200 Å². The maximum atomic E-state index is 12.6. The molecule has 2 saturated heterocycles. The van der Waals surface area contributed by atoms with Crippen molar-refractivity contribution in [2.45, 2.75) is 12.8 Å². The Hall–Kier alpha value is -3.79. The van der Waals surface area contributed by atoms with Gasteiger partial charge in [-0.25, -0.2) is 15.0 Å². The molecule has 9 nitrogen and oxygen atoms in total. The Bertz CT molecular complexity index is 1300. The van der Waals surface area contributed by atoms with Crippen molar-refractivity contribution >= 4 is 51.7 Å². The van der Waals surface area contributed by atoms with Crippen LogP contribution in [-0.4, -0.2) is 51.6 Å². The number of anilines is 1.